The topological polar surface area (TPSA) is 53.9 Å². The average molecular weight is 362 g/mol. The van der Waals surface area contributed by atoms with Crippen LogP contribution < -0.4 is 10.2 Å². The fraction of sp³-hybridized carbons (Fsp3) is 0.364. The van der Waals surface area contributed by atoms with E-state index in [-0.39, 0.29) is 11.9 Å². The van der Waals surface area contributed by atoms with Crippen LogP contribution in [0.5, 0.6) is 0 Å². The van der Waals surface area contributed by atoms with Gasteiger partial charge in [-0.15, -0.1) is 0 Å². The zero-order valence-electron chi connectivity index (χ0n) is 15.3. The van der Waals surface area contributed by atoms with Crippen molar-refractivity contribution in [1.82, 2.24) is 10.2 Å². The Morgan fingerprint density at radius 3 is 2.56 bits per heavy atom. The molecule has 27 heavy (non-hydrogen) atoms. The second-order valence-corrected chi connectivity index (χ2v) is 7.93. The number of carbonyl (C=O) groups excluding carboxylic acids is 2. The third-order valence-electron chi connectivity index (χ3n) is 6.34. The van der Waals surface area contributed by atoms with Crippen LogP contribution in [0.1, 0.15) is 35.1 Å². The highest BCUT2D eigenvalue weighted by molar-refractivity contribution is 6.07. The highest BCUT2D eigenvalue weighted by Gasteiger charge is 2.54. The van der Waals surface area contributed by atoms with Crippen LogP contribution in [-0.4, -0.2) is 30.1 Å². The third kappa shape index (κ3) is 2.57. The van der Waals surface area contributed by atoms with E-state index >= 15 is 0 Å². The molecule has 0 saturated carbocycles. The number of amides is 3. The van der Waals surface area contributed by atoms with E-state index in [0.717, 1.165) is 37.9 Å². The molecule has 1 saturated heterocycles. The molecule has 5 nitrogen and oxygen atoms in total. The van der Waals surface area contributed by atoms with Crippen LogP contribution in [0.2, 0.25) is 0 Å². The van der Waals surface area contributed by atoms with Gasteiger partial charge in [0.05, 0.1) is 6.54 Å². The summed E-state index contributed by atoms with van der Waals surface area (Å²) >= 11 is 0. The molecule has 5 heteroatoms. The smallest absolute Gasteiger partial charge is 0.319 e. The SMILES string of the molecule is O=C1N[C@@]2(CCCc3ccccc32)C(=O)N1C[NH+]1CCc2ccccc2C1. The molecule has 0 aromatic heterocycles. The van der Waals surface area contributed by atoms with Gasteiger partial charge >= 0.3 is 6.03 Å². The lowest BCUT2D eigenvalue weighted by Crippen LogP contribution is -3.13. The quantitative estimate of drug-likeness (QED) is 0.793. The molecule has 3 aliphatic rings. The Hall–Kier alpha value is -2.66. The van der Waals surface area contributed by atoms with Crippen molar-refractivity contribution in [3.05, 3.63) is 70.8 Å². The number of nitrogens with zero attached hydrogens (tertiary/aromatic N) is 1. The Bertz CT molecular complexity index is 925. The number of fused-ring (bicyclic) bond motifs is 3. The lowest BCUT2D eigenvalue weighted by molar-refractivity contribution is -0.923. The molecule has 1 spiro atoms. The number of aryl methyl sites for hydroxylation is 1. The summed E-state index contributed by atoms with van der Waals surface area (Å²) in [5.41, 5.74) is 4.01. The van der Waals surface area contributed by atoms with Crippen LogP contribution in [0.3, 0.4) is 0 Å². The van der Waals surface area contributed by atoms with E-state index < -0.39 is 5.54 Å². The third-order valence-corrected chi connectivity index (χ3v) is 6.34. The van der Waals surface area contributed by atoms with Gasteiger partial charge < -0.3 is 10.2 Å². The molecular formula is C22H24N3O2+. The van der Waals surface area contributed by atoms with Gasteiger partial charge in [-0.3, -0.25) is 4.79 Å². The van der Waals surface area contributed by atoms with Crippen LogP contribution in [0.4, 0.5) is 4.79 Å². The molecule has 5 rings (SSSR count). The lowest BCUT2D eigenvalue weighted by Gasteiger charge is -2.33. The van der Waals surface area contributed by atoms with E-state index in [9.17, 15) is 9.59 Å². The predicted octanol–water partition coefficient (Wildman–Crippen LogP) is 1.37. The number of hydrogen-bond donors (Lipinski definition) is 2. The molecule has 0 bridgehead atoms. The number of nitrogens with one attached hydrogen (secondary N) is 2. The van der Waals surface area contributed by atoms with Crippen LogP contribution in [-0.2, 0) is 29.7 Å². The maximum Gasteiger partial charge on any atom is 0.329 e. The van der Waals surface area contributed by atoms with Gasteiger partial charge in [-0.05, 0) is 36.0 Å². The van der Waals surface area contributed by atoms with E-state index in [1.165, 1.54) is 26.5 Å². The van der Waals surface area contributed by atoms with Gasteiger partial charge in [-0.1, -0.05) is 48.5 Å². The highest BCUT2D eigenvalue weighted by Crippen LogP contribution is 2.39. The first-order chi connectivity index (χ1) is 13.2. The Balaban J connectivity index is 1.40. The molecule has 1 unspecified atom stereocenters. The second-order valence-electron chi connectivity index (χ2n) is 7.93. The average Bonchev–Trinajstić information content (AvgIpc) is 2.93. The lowest BCUT2D eigenvalue weighted by atomic mass is 9.76. The van der Waals surface area contributed by atoms with Gasteiger partial charge in [-0.25, -0.2) is 9.69 Å². The van der Waals surface area contributed by atoms with Gasteiger partial charge in [0.25, 0.3) is 5.91 Å². The predicted molar refractivity (Wildman–Crippen MR) is 101 cm³/mol. The number of hydrogen-bond acceptors (Lipinski definition) is 2. The molecule has 2 atom stereocenters. The monoisotopic (exact) mass is 362 g/mol. The molecule has 3 amide bonds. The maximum atomic E-state index is 13.4. The molecule has 2 aliphatic heterocycles. The summed E-state index contributed by atoms with van der Waals surface area (Å²) in [6, 6.07) is 16.3. The summed E-state index contributed by atoms with van der Waals surface area (Å²) in [6.45, 7) is 2.23. The van der Waals surface area contributed by atoms with Crippen molar-refractivity contribution in [2.45, 2.75) is 37.8 Å². The van der Waals surface area contributed by atoms with Crippen LogP contribution in [0, 0.1) is 0 Å². The molecule has 2 heterocycles. The first-order valence-corrected chi connectivity index (χ1v) is 9.80. The zero-order chi connectivity index (χ0) is 18.4. The fourth-order valence-electron chi connectivity index (χ4n) is 4.96. The summed E-state index contributed by atoms with van der Waals surface area (Å²) in [6.07, 6.45) is 3.56. The van der Waals surface area contributed by atoms with Crippen LogP contribution >= 0.6 is 0 Å². The van der Waals surface area contributed by atoms with Crippen molar-refractivity contribution in [3.63, 3.8) is 0 Å². The van der Waals surface area contributed by atoms with Crippen molar-refractivity contribution in [3.8, 4) is 0 Å². The van der Waals surface area contributed by atoms with Gasteiger partial charge in [0.15, 0.2) is 6.67 Å². The Kier molecular flexibility index (Phi) is 3.79. The molecule has 2 N–H and O–H groups in total. The zero-order valence-corrected chi connectivity index (χ0v) is 15.3. The van der Waals surface area contributed by atoms with Crippen LogP contribution in [0.15, 0.2) is 48.5 Å². The minimum absolute atomic E-state index is 0.0778. The molecule has 1 aliphatic carbocycles. The standard InChI is InChI=1S/C22H23N3O2/c26-20-22(12-5-9-17-7-3-4-10-19(17)22)23-21(27)25(20)15-24-13-11-16-6-1-2-8-18(16)14-24/h1-4,6-8,10H,5,9,11-15H2,(H,23,27)/p+1/t22-/m1/s1. The van der Waals surface area contributed by atoms with Gasteiger partial charge in [0.1, 0.15) is 12.1 Å². The minimum atomic E-state index is -0.862. The summed E-state index contributed by atoms with van der Waals surface area (Å²) in [4.78, 5) is 28.9. The summed E-state index contributed by atoms with van der Waals surface area (Å²) in [5.74, 6) is -0.0778. The summed E-state index contributed by atoms with van der Waals surface area (Å²) in [5, 5.41) is 3.06. The van der Waals surface area contributed by atoms with Crippen LogP contribution in [0.25, 0.3) is 0 Å². The van der Waals surface area contributed by atoms with Crippen molar-refractivity contribution >= 4 is 11.9 Å². The van der Waals surface area contributed by atoms with E-state index in [2.05, 4.69) is 35.6 Å². The van der Waals surface area contributed by atoms with E-state index in [1.54, 1.807) is 0 Å². The molecule has 138 valence electrons. The first kappa shape index (κ1) is 16.5. The van der Waals surface area contributed by atoms with E-state index in [4.69, 9.17) is 0 Å². The first-order valence-electron chi connectivity index (χ1n) is 9.80. The highest BCUT2D eigenvalue weighted by atomic mass is 16.2. The van der Waals surface area contributed by atoms with E-state index in [0.29, 0.717) is 13.1 Å². The van der Waals surface area contributed by atoms with Crippen molar-refractivity contribution in [1.29, 1.82) is 0 Å². The van der Waals surface area contributed by atoms with Gasteiger partial charge in [0, 0.05) is 12.0 Å². The fourth-order valence-corrected chi connectivity index (χ4v) is 4.96. The van der Waals surface area contributed by atoms with E-state index in [1.807, 2.05) is 18.2 Å². The summed E-state index contributed by atoms with van der Waals surface area (Å²) in [7, 11) is 0. The Labute approximate surface area is 159 Å². The number of rotatable bonds is 2. The minimum Gasteiger partial charge on any atom is -0.319 e. The molecular weight excluding hydrogens is 338 g/mol. The molecule has 1 fully saturated rings. The van der Waals surface area contributed by atoms with Crippen molar-refractivity contribution < 1.29 is 14.5 Å². The number of quaternary nitrogens is 1. The Morgan fingerprint density at radius 1 is 0.963 bits per heavy atom. The number of urea groups is 1. The largest absolute Gasteiger partial charge is 0.329 e. The molecule has 2 aromatic carbocycles. The van der Waals surface area contributed by atoms with Gasteiger partial charge in [0.2, 0.25) is 0 Å². The maximum absolute atomic E-state index is 13.4. The number of imide groups is 1. The summed E-state index contributed by atoms with van der Waals surface area (Å²) < 4.78 is 0. The number of benzene rings is 2. The second kappa shape index (κ2) is 6.20. The van der Waals surface area contributed by atoms with Crippen molar-refractivity contribution in [2.24, 2.45) is 0 Å². The molecule has 2 aromatic rings. The number of carbonyl (C=O) groups is 2. The normalized spacial score (nSPS) is 26.7. The van der Waals surface area contributed by atoms with Crippen molar-refractivity contribution in [2.75, 3.05) is 13.2 Å². The molecule has 0 radical (unpaired) electrons. The Morgan fingerprint density at radius 2 is 1.70 bits per heavy atom. The van der Waals surface area contributed by atoms with Gasteiger partial charge in [-0.2, -0.15) is 0 Å².